The molecule has 0 N–H and O–H groups in total. The highest BCUT2D eigenvalue weighted by molar-refractivity contribution is 9.10. The number of rotatable bonds is 6. The van der Waals surface area contributed by atoms with Gasteiger partial charge in [-0.05, 0) is 47.8 Å². The largest absolute Gasteiger partial charge is 0.0651 e. The van der Waals surface area contributed by atoms with Crippen LogP contribution in [0.5, 0.6) is 0 Å². The standard InChI is InChI=1S/C17H27Br/c1-6-9-14-10-15(12(4)7-2)11-16(17(14)18)13(5)8-3/h10-13H,6-9H2,1-5H3. The molecule has 1 aromatic rings. The minimum Gasteiger partial charge on any atom is -0.0651 e. The summed E-state index contributed by atoms with van der Waals surface area (Å²) in [5, 5.41) is 0. The van der Waals surface area contributed by atoms with Gasteiger partial charge in [0, 0.05) is 4.47 Å². The second kappa shape index (κ2) is 7.33. The molecule has 2 atom stereocenters. The molecule has 0 spiro atoms. The van der Waals surface area contributed by atoms with E-state index in [4.69, 9.17) is 0 Å². The number of hydrogen-bond acceptors (Lipinski definition) is 0. The molecule has 0 aliphatic heterocycles. The lowest BCUT2D eigenvalue weighted by Gasteiger charge is -2.19. The van der Waals surface area contributed by atoms with E-state index in [-0.39, 0.29) is 0 Å². The van der Waals surface area contributed by atoms with Gasteiger partial charge in [0.05, 0.1) is 0 Å². The van der Waals surface area contributed by atoms with Crippen molar-refractivity contribution in [1.29, 1.82) is 0 Å². The summed E-state index contributed by atoms with van der Waals surface area (Å²) in [7, 11) is 0. The van der Waals surface area contributed by atoms with Crippen LogP contribution in [0.25, 0.3) is 0 Å². The maximum Gasteiger partial charge on any atom is 0.0242 e. The molecule has 1 aromatic carbocycles. The Morgan fingerprint density at radius 1 is 1.00 bits per heavy atom. The average molecular weight is 311 g/mol. The minimum absolute atomic E-state index is 0.638. The number of halogens is 1. The van der Waals surface area contributed by atoms with E-state index < -0.39 is 0 Å². The first kappa shape index (κ1) is 15.8. The molecule has 0 bridgehead atoms. The Kier molecular flexibility index (Phi) is 6.42. The van der Waals surface area contributed by atoms with Gasteiger partial charge < -0.3 is 0 Å². The molecule has 0 saturated carbocycles. The molecule has 2 unspecified atom stereocenters. The van der Waals surface area contributed by atoms with Gasteiger partial charge in [0.15, 0.2) is 0 Å². The summed E-state index contributed by atoms with van der Waals surface area (Å²) in [5.74, 6) is 1.30. The summed E-state index contributed by atoms with van der Waals surface area (Å²) in [6.07, 6.45) is 4.80. The van der Waals surface area contributed by atoms with Crippen molar-refractivity contribution >= 4 is 15.9 Å². The zero-order valence-corrected chi connectivity index (χ0v) is 14.1. The fraction of sp³-hybridized carbons (Fsp3) is 0.647. The third-order valence-corrected chi connectivity index (χ3v) is 5.01. The van der Waals surface area contributed by atoms with Crippen molar-refractivity contribution in [3.8, 4) is 0 Å². The van der Waals surface area contributed by atoms with E-state index in [0.29, 0.717) is 11.8 Å². The van der Waals surface area contributed by atoms with Crippen LogP contribution in [-0.2, 0) is 6.42 Å². The number of benzene rings is 1. The molecule has 0 amide bonds. The van der Waals surface area contributed by atoms with Crippen molar-refractivity contribution in [2.75, 3.05) is 0 Å². The molecule has 0 radical (unpaired) electrons. The Bertz CT molecular complexity index is 381. The molecule has 0 nitrogen and oxygen atoms in total. The van der Waals surface area contributed by atoms with Crippen LogP contribution in [-0.4, -0.2) is 0 Å². The molecule has 0 fully saturated rings. The van der Waals surface area contributed by atoms with Gasteiger partial charge in [0.25, 0.3) is 0 Å². The van der Waals surface area contributed by atoms with Crippen molar-refractivity contribution < 1.29 is 0 Å². The lowest BCUT2D eigenvalue weighted by molar-refractivity contribution is 0.704. The van der Waals surface area contributed by atoms with Crippen LogP contribution in [0, 0.1) is 0 Å². The van der Waals surface area contributed by atoms with E-state index in [0.717, 1.165) is 0 Å². The van der Waals surface area contributed by atoms with Gasteiger partial charge in [-0.25, -0.2) is 0 Å². The minimum atomic E-state index is 0.638. The van der Waals surface area contributed by atoms with Crippen LogP contribution in [0.3, 0.4) is 0 Å². The van der Waals surface area contributed by atoms with E-state index in [1.54, 1.807) is 0 Å². The number of hydrogen-bond donors (Lipinski definition) is 0. The summed E-state index contributed by atoms with van der Waals surface area (Å²) in [6.45, 7) is 11.5. The molecule has 102 valence electrons. The van der Waals surface area contributed by atoms with Crippen molar-refractivity contribution in [2.45, 2.75) is 72.1 Å². The Morgan fingerprint density at radius 2 is 1.61 bits per heavy atom. The van der Waals surface area contributed by atoms with Crippen molar-refractivity contribution in [3.05, 3.63) is 33.3 Å². The van der Waals surface area contributed by atoms with Crippen LogP contribution in [0.1, 0.15) is 82.4 Å². The Hall–Kier alpha value is -0.300. The highest BCUT2D eigenvalue weighted by Gasteiger charge is 2.15. The van der Waals surface area contributed by atoms with Crippen LogP contribution in [0.15, 0.2) is 16.6 Å². The molecule has 0 aliphatic rings. The normalized spacial score (nSPS) is 14.6. The fourth-order valence-electron chi connectivity index (χ4n) is 2.28. The molecule has 1 rings (SSSR count). The zero-order chi connectivity index (χ0) is 13.7. The quantitative estimate of drug-likeness (QED) is 0.568. The number of aryl methyl sites for hydroxylation is 1. The summed E-state index contributed by atoms with van der Waals surface area (Å²) >= 11 is 3.83. The van der Waals surface area contributed by atoms with Crippen molar-refractivity contribution in [3.63, 3.8) is 0 Å². The first-order valence-electron chi connectivity index (χ1n) is 7.37. The molecule has 1 heteroatoms. The van der Waals surface area contributed by atoms with E-state index >= 15 is 0 Å². The Morgan fingerprint density at radius 3 is 2.11 bits per heavy atom. The molecular weight excluding hydrogens is 284 g/mol. The van der Waals surface area contributed by atoms with Crippen LogP contribution in [0.2, 0.25) is 0 Å². The summed E-state index contributed by atoms with van der Waals surface area (Å²) in [4.78, 5) is 0. The molecular formula is C17H27Br. The molecule has 0 aliphatic carbocycles. The van der Waals surface area contributed by atoms with E-state index in [1.807, 2.05) is 0 Å². The van der Waals surface area contributed by atoms with Gasteiger partial charge in [-0.15, -0.1) is 0 Å². The summed E-state index contributed by atoms with van der Waals surface area (Å²) in [5.41, 5.74) is 4.50. The van der Waals surface area contributed by atoms with Gasteiger partial charge in [-0.1, -0.05) is 69.1 Å². The van der Waals surface area contributed by atoms with Crippen LogP contribution >= 0.6 is 15.9 Å². The van der Waals surface area contributed by atoms with E-state index in [9.17, 15) is 0 Å². The summed E-state index contributed by atoms with van der Waals surface area (Å²) < 4.78 is 1.35. The van der Waals surface area contributed by atoms with E-state index in [1.165, 1.54) is 46.8 Å². The third-order valence-electron chi connectivity index (χ3n) is 4.04. The second-order valence-electron chi connectivity index (χ2n) is 5.45. The summed E-state index contributed by atoms with van der Waals surface area (Å²) in [6, 6.07) is 4.83. The maximum atomic E-state index is 3.83. The SMILES string of the molecule is CCCc1cc(C(C)CC)cc(C(C)CC)c1Br. The van der Waals surface area contributed by atoms with Crippen LogP contribution < -0.4 is 0 Å². The van der Waals surface area contributed by atoms with Gasteiger partial charge in [-0.3, -0.25) is 0 Å². The third kappa shape index (κ3) is 3.60. The van der Waals surface area contributed by atoms with Crippen LogP contribution in [0.4, 0.5) is 0 Å². The van der Waals surface area contributed by atoms with Crippen molar-refractivity contribution in [1.82, 2.24) is 0 Å². The van der Waals surface area contributed by atoms with Gasteiger partial charge in [0.2, 0.25) is 0 Å². The smallest absolute Gasteiger partial charge is 0.0242 e. The monoisotopic (exact) mass is 310 g/mol. The molecule has 0 heterocycles. The average Bonchev–Trinajstić information content (AvgIpc) is 2.39. The van der Waals surface area contributed by atoms with Gasteiger partial charge in [-0.2, -0.15) is 0 Å². The lowest BCUT2D eigenvalue weighted by Crippen LogP contribution is -2.02. The first-order valence-corrected chi connectivity index (χ1v) is 8.16. The fourth-order valence-corrected chi connectivity index (χ4v) is 3.10. The van der Waals surface area contributed by atoms with Crippen molar-refractivity contribution in [2.24, 2.45) is 0 Å². The molecule has 0 aromatic heterocycles. The Labute approximate surface area is 121 Å². The maximum absolute atomic E-state index is 3.83. The highest BCUT2D eigenvalue weighted by atomic mass is 79.9. The Balaban J connectivity index is 3.27. The highest BCUT2D eigenvalue weighted by Crippen LogP contribution is 2.34. The van der Waals surface area contributed by atoms with E-state index in [2.05, 4.69) is 62.7 Å². The second-order valence-corrected chi connectivity index (χ2v) is 6.24. The lowest BCUT2D eigenvalue weighted by atomic mass is 9.89. The molecule has 0 saturated heterocycles. The predicted octanol–water partition coefficient (Wildman–Crippen LogP) is 6.43. The predicted molar refractivity (Wildman–Crippen MR) is 85.5 cm³/mol. The zero-order valence-electron chi connectivity index (χ0n) is 12.5. The van der Waals surface area contributed by atoms with Gasteiger partial charge in [0.1, 0.15) is 0 Å². The first-order chi connectivity index (χ1) is 8.54. The topological polar surface area (TPSA) is 0 Å². The molecule has 18 heavy (non-hydrogen) atoms. The van der Waals surface area contributed by atoms with Gasteiger partial charge >= 0.3 is 0 Å².